The molecule has 0 spiro atoms. The van der Waals surface area contributed by atoms with Crippen molar-refractivity contribution >= 4 is 34.2 Å². The molecule has 1 heterocycles. The first-order chi connectivity index (χ1) is 14.1. The number of ether oxygens (including phenoxy) is 1. The molecule has 3 rings (SSSR count). The van der Waals surface area contributed by atoms with E-state index in [1.54, 1.807) is 18.2 Å². The smallest absolute Gasteiger partial charge is 0.407 e. The molecule has 2 aromatic carbocycles. The van der Waals surface area contributed by atoms with E-state index in [0.29, 0.717) is 28.2 Å². The molecule has 5 nitrogen and oxygen atoms in total. The first-order valence-electron chi connectivity index (χ1n) is 9.46. The molecular formula is C22H22F3NO4. The van der Waals surface area contributed by atoms with Crippen molar-refractivity contribution in [2.24, 2.45) is 5.92 Å². The van der Waals surface area contributed by atoms with Gasteiger partial charge in [-0.1, -0.05) is 26.0 Å². The molecule has 0 bridgehead atoms. The van der Waals surface area contributed by atoms with E-state index in [1.165, 1.54) is 18.2 Å². The van der Waals surface area contributed by atoms with Gasteiger partial charge in [-0.25, -0.2) is 0 Å². The number of benzene rings is 2. The predicted molar refractivity (Wildman–Crippen MR) is 106 cm³/mol. The van der Waals surface area contributed by atoms with Gasteiger partial charge in [-0.15, -0.1) is 0 Å². The monoisotopic (exact) mass is 421 g/mol. The second-order valence-electron chi connectivity index (χ2n) is 7.58. The third kappa shape index (κ3) is 4.48. The number of alkyl halides is 3. The Labute approximate surface area is 171 Å². The van der Waals surface area contributed by atoms with Crippen molar-refractivity contribution in [1.82, 2.24) is 5.32 Å². The average Bonchev–Trinajstić information content (AvgIpc) is 3.05. The van der Waals surface area contributed by atoms with Gasteiger partial charge in [-0.3, -0.25) is 14.9 Å². The van der Waals surface area contributed by atoms with Crippen LogP contribution in [-0.4, -0.2) is 31.6 Å². The van der Waals surface area contributed by atoms with Crippen LogP contribution in [0.25, 0.3) is 21.9 Å². The first-order valence-corrected chi connectivity index (χ1v) is 9.46. The van der Waals surface area contributed by atoms with Gasteiger partial charge in [0, 0.05) is 16.3 Å². The maximum absolute atomic E-state index is 13.9. The molecule has 0 aliphatic rings. The largest absolute Gasteiger partial charge is 0.468 e. The minimum absolute atomic E-state index is 0.0136. The Bertz CT molecular complexity index is 1070. The van der Waals surface area contributed by atoms with E-state index in [2.05, 4.69) is 10.1 Å². The molecule has 160 valence electrons. The molecule has 0 saturated carbocycles. The summed E-state index contributed by atoms with van der Waals surface area (Å²) in [6, 6.07) is 5.81. The second-order valence-corrected chi connectivity index (χ2v) is 7.58. The van der Waals surface area contributed by atoms with E-state index in [9.17, 15) is 22.8 Å². The Balaban J connectivity index is 2.04. The summed E-state index contributed by atoms with van der Waals surface area (Å²) < 4.78 is 52.0. The van der Waals surface area contributed by atoms with Gasteiger partial charge < -0.3 is 9.15 Å². The van der Waals surface area contributed by atoms with Crippen molar-refractivity contribution in [2.75, 3.05) is 7.11 Å². The van der Waals surface area contributed by atoms with Gasteiger partial charge in [0.2, 0.25) is 0 Å². The summed E-state index contributed by atoms with van der Waals surface area (Å²) in [7, 11) is 1.15. The van der Waals surface area contributed by atoms with Crippen LogP contribution in [0.5, 0.6) is 0 Å². The van der Waals surface area contributed by atoms with Crippen LogP contribution in [0.3, 0.4) is 0 Å². The van der Waals surface area contributed by atoms with Gasteiger partial charge >= 0.3 is 12.1 Å². The molecule has 0 aliphatic carbocycles. The quantitative estimate of drug-likeness (QED) is 0.421. The summed E-state index contributed by atoms with van der Waals surface area (Å²) in [5.41, 5.74) is 1.10. The van der Waals surface area contributed by atoms with Crippen LogP contribution in [0.1, 0.15) is 42.2 Å². The highest BCUT2D eigenvalue weighted by atomic mass is 19.4. The fraction of sp³-hybridized carbons (Fsp3) is 0.364. The number of halogens is 3. The molecule has 30 heavy (non-hydrogen) atoms. The zero-order chi connectivity index (χ0) is 22.1. The molecular weight excluding hydrogens is 399 g/mol. The molecule has 0 radical (unpaired) electrons. The Kier molecular flexibility index (Phi) is 6.17. The maximum Gasteiger partial charge on any atom is 0.407 e. The lowest BCUT2D eigenvalue weighted by molar-refractivity contribution is -0.164. The average molecular weight is 421 g/mol. The zero-order valence-corrected chi connectivity index (χ0v) is 16.7. The van der Waals surface area contributed by atoms with Crippen LogP contribution in [0.2, 0.25) is 0 Å². The Morgan fingerprint density at radius 2 is 1.87 bits per heavy atom. The molecule has 3 aromatic rings. The summed E-state index contributed by atoms with van der Waals surface area (Å²) in [6.07, 6.45) is -3.76. The standard InChI is InChI=1S/C22H22F3NO4/c1-12(2)8-17(21(28)29-3)26-20(22(23,24)25)14-5-6-15-16-9-13(11-27)4-7-18(16)30-19(15)10-14/h4-7,9-12,17,20,26H,8H2,1-3H3/t17-,20+/m0/s1. The van der Waals surface area contributed by atoms with Crippen LogP contribution in [0.4, 0.5) is 13.2 Å². The highest BCUT2D eigenvalue weighted by molar-refractivity contribution is 6.06. The summed E-state index contributed by atoms with van der Waals surface area (Å²) in [5, 5.41) is 3.67. The number of furan rings is 1. The Morgan fingerprint density at radius 3 is 2.47 bits per heavy atom. The highest BCUT2D eigenvalue weighted by Gasteiger charge is 2.43. The van der Waals surface area contributed by atoms with Gasteiger partial charge in [0.15, 0.2) is 0 Å². The topological polar surface area (TPSA) is 68.5 Å². The van der Waals surface area contributed by atoms with E-state index in [0.717, 1.165) is 7.11 Å². The first kappa shape index (κ1) is 21.8. The third-order valence-corrected chi connectivity index (χ3v) is 4.88. The molecule has 8 heteroatoms. The van der Waals surface area contributed by atoms with Crippen LogP contribution >= 0.6 is 0 Å². The lowest BCUT2D eigenvalue weighted by atomic mass is 9.99. The van der Waals surface area contributed by atoms with Crippen molar-refractivity contribution in [2.45, 2.75) is 38.5 Å². The number of methoxy groups -OCH3 is 1. The number of hydrogen-bond donors (Lipinski definition) is 1. The van der Waals surface area contributed by atoms with Crippen molar-refractivity contribution in [3.8, 4) is 0 Å². The fourth-order valence-corrected chi connectivity index (χ4v) is 3.49. The minimum atomic E-state index is -4.65. The van der Waals surface area contributed by atoms with Crippen molar-refractivity contribution in [1.29, 1.82) is 0 Å². The number of hydrogen-bond acceptors (Lipinski definition) is 5. The molecule has 1 N–H and O–H groups in total. The van der Waals surface area contributed by atoms with E-state index in [4.69, 9.17) is 4.42 Å². The van der Waals surface area contributed by atoms with E-state index in [-0.39, 0.29) is 23.5 Å². The molecule has 2 atom stereocenters. The van der Waals surface area contributed by atoms with E-state index >= 15 is 0 Å². The fourth-order valence-electron chi connectivity index (χ4n) is 3.49. The summed E-state index contributed by atoms with van der Waals surface area (Å²) in [5.74, 6) is -0.760. The molecule has 0 unspecified atom stereocenters. The van der Waals surface area contributed by atoms with Crippen molar-refractivity contribution in [3.63, 3.8) is 0 Å². The van der Waals surface area contributed by atoms with Gasteiger partial charge in [-0.05, 0) is 42.2 Å². The summed E-state index contributed by atoms with van der Waals surface area (Å²) in [6.45, 7) is 3.63. The number of nitrogens with one attached hydrogen (secondary N) is 1. The van der Waals surface area contributed by atoms with Crippen LogP contribution in [0, 0.1) is 5.92 Å². The zero-order valence-electron chi connectivity index (χ0n) is 16.7. The third-order valence-electron chi connectivity index (χ3n) is 4.88. The van der Waals surface area contributed by atoms with Gasteiger partial charge in [0.05, 0.1) is 7.11 Å². The van der Waals surface area contributed by atoms with Crippen LogP contribution < -0.4 is 5.32 Å². The highest BCUT2D eigenvalue weighted by Crippen LogP contribution is 2.37. The second kappa shape index (κ2) is 8.47. The van der Waals surface area contributed by atoms with Crippen molar-refractivity contribution < 1.29 is 31.9 Å². The SMILES string of the molecule is COC(=O)[C@H](CC(C)C)N[C@H](c1ccc2c(c1)oc1ccc(C=O)cc12)C(F)(F)F. The molecule has 0 saturated heterocycles. The van der Waals surface area contributed by atoms with Gasteiger partial charge in [-0.2, -0.15) is 13.2 Å². The molecule has 0 fully saturated rings. The Hall–Kier alpha value is -2.87. The number of esters is 1. The van der Waals surface area contributed by atoms with Crippen LogP contribution in [-0.2, 0) is 9.53 Å². The number of aldehydes is 1. The summed E-state index contributed by atoms with van der Waals surface area (Å²) >= 11 is 0. The van der Waals surface area contributed by atoms with Crippen molar-refractivity contribution in [3.05, 3.63) is 47.5 Å². The van der Waals surface area contributed by atoms with Gasteiger partial charge in [0.25, 0.3) is 0 Å². The predicted octanol–water partition coefficient (Wildman–Crippen LogP) is 5.18. The lowest BCUT2D eigenvalue weighted by Crippen LogP contribution is -2.45. The Morgan fingerprint density at radius 1 is 1.13 bits per heavy atom. The number of fused-ring (bicyclic) bond motifs is 3. The normalized spacial score (nSPS) is 14.2. The lowest BCUT2D eigenvalue weighted by Gasteiger charge is -2.27. The molecule has 0 amide bonds. The van der Waals surface area contributed by atoms with Crippen LogP contribution in [0.15, 0.2) is 40.8 Å². The van der Waals surface area contributed by atoms with E-state index < -0.39 is 24.2 Å². The molecule has 0 aliphatic heterocycles. The number of rotatable bonds is 7. The van der Waals surface area contributed by atoms with E-state index in [1.807, 2.05) is 13.8 Å². The summed E-state index contributed by atoms with van der Waals surface area (Å²) in [4.78, 5) is 23.1. The number of carbonyl (C=O) groups is 2. The maximum atomic E-state index is 13.9. The number of carbonyl (C=O) groups excluding carboxylic acids is 2. The van der Waals surface area contributed by atoms with Gasteiger partial charge in [0.1, 0.15) is 29.5 Å². The minimum Gasteiger partial charge on any atom is -0.468 e. The molecule has 1 aromatic heterocycles.